The first-order chi connectivity index (χ1) is 6.24. The lowest BCUT2D eigenvalue weighted by molar-refractivity contribution is 0.108. The smallest absolute Gasteiger partial charge is 0.161 e. The number of alkyl halides is 1. The van der Waals surface area contributed by atoms with Gasteiger partial charge < -0.3 is 9.30 Å². The van der Waals surface area contributed by atoms with Gasteiger partial charge in [-0.25, -0.2) is 0 Å². The Balaban J connectivity index is 3.00. The van der Waals surface area contributed by atoms with Crippen LogP contribution in [0.2, 0.25) is 0 Å². The molecule has 0 spiro atoms. The van der Waals surface area contributed by atoms with Gasteiger partial charge in [-0.2, -0.15) is 0 Å². The van der Waals surface area contributed by atoms with Gasteiger partial charge in [0.1, 0.15) is 11.9 Å². The summed E-state index contributed by atoms with van der Waals surface area (Å²) in [6.45, 7) is 4.91. The summed E-state index contributed by atoms with van der Waals surface area (Å²) >= 11 is 3.37. The van der Waals surface area contributed by atoms with Crippen LogP contribution in [-0.4, -0.2) is 21.9 Å². The predicted octanol–water partition coefficient (Wildman–Crippen LogP) is 1.90. The van der Waals surface area contributed by atoms with Gasteiger partial charge in [-0.05, 0) is 13.8 Å². The second-order valence-electron chi connectivity index (χ2n) is 2.73. The van der Waals surface area contributed by atoms with E-state index in [-0.39, 0.29) is 6.10 Å². The van der Waals surface area contributed by atoms with Crippen molar-refractivity contribution in [2.45, 2.75) is 31.8 Å². The van der Waals surface area contributed by atoms with Crippen LogP contribution in [0.3, 0.4) is 0 Å². The number of methoxy groups -OCH3 is 1. The summed E-state index contributed by atoms with van der Waals surface area (Å²) in [5.41, 5.74) is 0. The first-order valence-electron chi connectivity index (χ1n) is 4.25. The molecule has 5 heteroatoms. The van der Waals surface area contributed by atoms with Gasteiger partial charge in [0.2, 0.25) is 0 Å². The highest BCUT2D eigenvalue weighted by atomic mass is 79.9. The molecule has 0 N–H and O–H groups in total. The zero-order valence-electron chi connectivity index (χ0n) is 8.12. The molecular formula is C8H14BrN3O. The molecule has 1 atom stereocenters. The molecule has 74 valence electrons. The van der Waals surface area contributed by atoms with Crippen molar-refractivity contribution in [1.82, 2.24) is 14.8 Å². The highest BCUT2D eigenvalue weighted by Crippen LogP contribution is 2.15. The lowest BCUT2D eigenvalue weighted by atomic mass is 10.3. The maximum absolute atomic E-state index is 5.20. The van der Waals surface area contributed by atoms with Crippen LogP contribution < -0.4 is 0 Å². The fourth-order valence-corrected chi connectivity index (χ4v) is 1.61. The van der Waals surface area contributed by atoms with E-state index in [1.54, 1.807) is 7.11 Å². The van der Waals surface area contributed by atoms with Crippen molar-refractivity contribution in [1.29, 1.82) is 0 Å². The average molecular weight is 248 g/mol. The third-order valence-electron chi connectivity index (χ3n) is 2.01. The SMILES string of the molecule is CCn1c(CBr)nnc1C(C)OC. The lowest BCUT2D eigenvalue weighted by Gasteiger charge is -2.10. The van der Waals surface area contributed by atoms with E-state index in [9.17, 15) is 0 Å². The predicted molar refractivity (Wildman–Crippen MR) is 53.8 cm³/mol. The minimum atomic E-state index is 0.000231. The molecule has 1 aromatic heterocycles. The Morgan fingerprint density at radius 1 is 1.54 bits per heavy atom. The Labute approximate surface area is 86.4 Å². The van der Waals surface area contributed by atoms with Crippen LogP contribution in [0.1, 0.15) is 31.6 Å². The summed E-state index contributed by atoms with van der Waals surface area (Å²) in [5, 5.41) is 8.87. The normalized spacial score (nSPS) is 13.2. The van der Waals surface area contributed by atoms with E-state index < -0.39 is 0 Å². The minimum Gasteiger partial charge on any atom is -0.374 e. The third kappa shape index (κ3) is 2.08. The van der Waals surface area contributed by atoms with Crippen LogP contribution in [0, 0.1) is 0 Å². The highest BCUT2D eigenvalue weighted by molar-refractivity contribution is 9.08. The van der Waals surface area contributed by atoms with Gasteiger partial charge in [0.25, 0.3) is 0 Å². The van der Waals surface area contributed by atoms with Crippen LogP contribution in [0.15, 0.2) is 0 Å². The van der Waals surface area contributed by atoms with Gasteiger partial charge in [0.15, 0.2) is 5.82 Å². The van der Waals surface area contributed by atoms with Crippen molar-refractivity contribution in [3.63, 3.8) is 0 Å². The van der Waals surface area contributed by atoms with Gasteiger partial charge in [-0.1, -0.05) is 15.9 Å². The van der Waals surface area contributed by atoms with Crippen LogP contribution in [0.4, 0.5) is 0 Å². The molecule has 0 saturated heterocycles. The van der Waals surface area contributed by atoms with E-state index in [2.05, 4.69) is 37.6 Å². The molecular weight excluding hydrogens is 234 g/mol. The topological polar surface area (TPSA) is 39.9 Å². The molecule has 0 aromatic carbocycles. The molecule has 0 bridgehead atoms. The van der Waals surface area contributed by atoms with Crippen molar-refractivity contribution < 1.29 is 4.74 Å². The van der Waals surface area contributed by atoms with Crippen molar-refractivity contribution in [3.05, 3.63) is 11.6 Å². The summed E-state index contributed by atoms with van der Waals surface area (Å²) in [5.74, 6) is 1.83. The second kappa shape index (κ2) is 4.72. The van der Waals surface area contributed by atoms with Crippen molar-refractivity contribution >= 4 is 15.9 Å². The average Bonchev–Trinajstić information content (AvgIpc) is 2.58. The fraction of sp³-hybridized carbons (Fsp3) is 0.750. The number of ether oxygens (including phenoxy) is 1. The Bertz CT molecular complexity index is 274. The largest absolute Gasteiger partial charge is 0.374 e. The summed E-state index contributed by atoms with van der Waals surface area (Å²) in [6, 6.07) is 0. The zero-order chi connectivity index (χ0) is 9.84. The van der Waals surface area contributed by atoms with Crippen LogP contribution in [0.5, 0.6) is 0 Å². The van der Waals surface area contributed by atoms with Gasteiger partial charge in [-0.3, -0.25) is 0 Å². The summed E-state index contributed by atoms with van der Waals surface area (Å²) in [7, 11) is 1.67. The number of halogens is 1. The molecule has 1 unspecified atom stereocenters. The molecule has 4 nitrogen and oxygen atoms in total. The third-order valence-corrected chi connectivity index (χ3v) is 2.51. The maximum Gasteiger partial charge on any atom is 0.161 e. The number of rotatable bonds is 4. The van der Waals surface area contributed by atoms with E-state index in [0.717, 1.165) is 23.5 Å². The fourth-order valence-electron chi connectivity index (χ4n) is 1.20. The molecule has 0 aliphatic heterocycles. The van der Waals surface area contributed by atoms with E-state index in [0.29, 0.717) is 0 Å². The van der Waals surface area contributed by atoms with Crippen LogP contribution in [0.25, 0.3) is 0 Å². The molecule has 0 aliphatic carbocycles. The Morgan fingerprint density at radius 2 is 2.23 bits per heavy atom. The zero-order valence-corrected chi connectivity index (χ0v) is 9.71. The highest BCUT2D eigenvalue weighted by Gasteiger charge is 2.14. The number of aromatic nitrogens is 3. The van der Waals surface area contributed by atoms with E-state index in [1.807, 2.05) is 6.92 Å². The van der Waals surface area contributed by atoms with Crippen molar-refractivity contribution in [2.24, 2.45) is 0 Å². The van der Waals surface area contributed by atoms with Gasteiger partial charge in [0.05, 0.1) is 5.33 Å². The molecule has 0 fully saturated rings. The van der Waals surface area contributed by atoms with E-state index in [4.69, 9.17) is 4.74 Å². The quantitative estimate of drug-likeness (QED) is 0.764. The molecule has 0 saturated carbocycles. The first-order valence-corrected chi connectivity index (χ1v) is 5.37. The van der Waals surface area contributed by atoms with Gasteiger partial charge in [0, 0.05) is 13.7 Å². The van der Waals surface area contributed by atoms with E-state index >= 15 is 0 Å². The minimum absolute atomic E-state index is 0.000231. The monoisotopic (exact) mass is 247 g/mol. The molecule has 1 heterocycles. The second-order valence-corrected chi connectivity index (χ2v) is 3.29. The molecule has 0 radical (unpaired) electrons. The summed E-state index contributed by atoms with van der Waals surface area (Å²) in [4.78, 5) is 0. The Hall–Kier alpha value is -0.420. The molecule has 13 heavy (non-hydrogen) atoms. The summed E-state index contributed by atoms with van der Waals surface area (Å²) in [6.07, 6.45) is 0.000231. The lowest BCUT2D eigenvalue weighted by Crippen LogP contribution is -2.09. The van der Waals surface area contributed by atoms with Crippen molar-refractivity contribution in [3.8, 4) is 0 Å². The molecule has 0 amide bonds. The van der Waals surface area contributed by atoms with Crippen LogP contribution in [-0.2, 0) is 16.6 Å². The first kappa shape index (κ1) is 10.7. The number of hydrogen-bond acceptors (Lipinski definition) is 3. The van der Waals surface area contributed by atoms with Gasteiger partial charge >= 0.3 is 0 Å². The number of hydrogen-bond donors (Lipinski definition) is 0. The van der Waals surface area contributed by atoms with E-state index in [1.165, 1.54) is 0 Å². The molecule has 1 aromatic rings. The van der Waals surface area contributed by atoms with Crippen LogP contribution >= 0.6 is 15.9 Å². The molecule has 0 aliphatic rings. The summed E-state index contributed by atoms with van der Waals surface area (Å²) < 4.78 is 7.26. The Kier molecular flexibility index (Phi) is 3.87. The maximum atomic E-state index is 5.20. The Morgan fingerprint density at radius 3 is 2.69 bits per heavy atom. The van der Waals surface area contributed by atoms with Gasteiger partial charge in [-0.15, -0.1) is 10.2 Å². The van der Waals surface area contributed by atoms with Crippen molar-refractivity contribution in [2.75, 3.05) is 7.11 Å². The molecule has 1 rings (SSSR count). The standard InChI is InChI=1S/C8H14BrN3O/c1-4-12-7(5-9)10-11-8(12)6(2)13-3/h6H,4-5H2,1-3H3. The number of nitrogens with zero attached hydrogens (tertiary/aromatic N) is 3.